The molecule has 4 aromatic rings. The summed E-state index contributed by atoms with van der Waals surface area (Å²) in [4.78, 5) is 33.4. The van der Waals surface area contributed by atoms with Crippen molar-refractivity contribution >= 4 is 49.0 Å². The Morgan fingerprint density at radius 3 is 1.73 bits per heavy atom. The molecule has 2 aromatic heterocycles. The fraction of sp³-hybridized carbons (Fsp3) is 0.429. The maximum atomic E-state index is 13.8. The van der Waals surface area contributed by atoms with Gasteiger partial charge in [-0.1, -0.05) is 24.3 Å². The van der Waals surface area contributed by atoms with E-state index in [2.05, 4.69) is 9.97 Å². The van der Waals surface area contributed by atoms with Gasteiger partial charge in [0.05, 0.1) is 41.2 Å². The van der Waals surface area contributed by atoms with Gasteiger partial charge in [-0.25, -0.2) is 26.8 Å². The summed E-state index contributed by atoms with van der Waals surface area (Å²) in [5.41, 5.74) is 13.2. The summed E-state index contributed by atoms with van der Waals surface area (Å²) in [6, 6.07) is 16.5. The highest BCUT2D eigenvalue weighted by Gasteiger charge is 2.37. The molecule has 2 atom stereocenters. The Bertz CT molecular complexity index is 2430. The third kappa shape index (κ3) is 11.6. The van der Waals surface area contributed by atoms with Crippen LogP contribution in [-0.2, 0) is 45.5 Å². The molecule has 2 aliphatic rings. The first kappa shape index (κ1) is 45.6. The number of carbonyl (C=O) groups is 2. The maximum absolute atomic E-state index is 13.8. The molecular formula is C42H54N6O10S2. The molecule has 18 heteroatoms. The van der Waals surface area contributed by atoms with Crippen molar-refractivity contribution in [1.82, 2.24) is 9.97 Å². The lowest BCUT2D eigenvalue weighted by Gasteiger charge is -2.35. The number of sulfonamides is 2. The first-order valence-electron chi connectivity index (χ1n) is 19.4. The Kier molecular flexibility index (Phi) is 13.7. The lowest BCUT2D eigenvalue weighted by atomic mass is 10.1. The maximum Gasteiger partial charge on any atom is 0.310 e. The highest BCUT2D eigenvalue weighted by molar-refractivity contribution is 7.93. The van der Waals surface area contributed by atoms with Gasteiger partial charge in [0.25, 0.3) is 20.0 Å². The highest BCUT2D eigenvalue weighted by atomic mass is 32.2. The van der Waals surface area contributed by atoms with Gasteiger partial charge >= 0.3 is 11.9 Å². The molecule has 16 nitrogen and oxygen atoms in total. The zero-order valence-electron chi connectivity index (χ0n) is 35.2. The number of carbonyl (C=O) groups excluding carboxylic acids is 2. The normalized spacial score (nSPS) is 16.6. The number of nitrogens with two attached hydrogens (primary N) is 2. The zero-order chi connectivity index (χ0) is 44.2. The standard InChI is InChI=1S/C27H36N2O7S.C15H18N4O3S/c1-18-9-8-10-21(13-18)37(32,33)29-17-20(11-12-23(30)35-26(2,3)4)34-25-22(29)14-19(16-28-25)15-24(31)36-27(5,6)7;1-10-3-2-4-13(5-10)23(20,21)19-9-12(7-16)22-15-14(19)6-11(17)8-18-15/h8-10,13-14,16,20H,11-12,15,17H2,1-7H3;2-6,8,12H,7,9,16-17H2,1H3/t20-;12-/m00/s1. The molecule has 0 amide bonds. The van der Waals surface area contributed by atoms with E-state index in [-0.39, 0.29) is 66.1 Å². The van der Waals surface area contributed by atoms with E-state index in [1.807, 2.05) is 26.0 Å². The summed E-state index contributed by atoms with van der Waals surface area (Å²) >= 11 is 0. The van der Waals surface area contributed by atoms with Crippen molar-refractivity contribution in [3.63, 3.8) is 0 Å². The number of fused-ring (bicyclic) bond motifs is 2. The minimum Gasteiger partial charge on any atom is -0.471 e. The number of aryl methyl sites for hydroxylation is 2. The molecule has 0 radical (unpaired) electrons. The quantitative estimate of drug-likeness (QED) is 0.195. The molecule has 2 aliphatic heterocycles. The fourth-order valence-electron chi connectivity index (χ4n) is 6.28. The third-order valence-electron chi connectivity index (χ3n) is 8.85. The summed E-state index contributed by atoms with van der Waals surface area (Å²) in [5.74, 6) is -0.508. The Morgan fingerprint density at radius 2 is 1.22 bits per heavy atom. The number of anilines is 3. The summed E-state index contributed by atoms with van der Waals surface area (Å²) in [6.45, 7) is 14.6. The van der Waals surface area contributed by atoms with E-state index in [1.165, 1.54) is 27.1 Å². The van der Waals surface area contributed by atoms with Crippen LogP contribution in [0.1, 0.15) is 71.1 Å². The van der Waals surface area contributed by atoms with Gasteiger partial charge in [0.2, 0.25) is 11.8 Å². The van der Waals surface area contributed by atoms with Crippen LogP contribution in [0, 0.1) is 13.8 Å². The van der Waals surface area contributed by atoms with Crippen molar-refractivity contribution in [3.8, 4) is 11.8 Å². The Labute approximate surface area is 352 Å². The Morgan fingerprint density at radius 1 is 0.733 bits per heavy atom. The van der Waals surface area contributed by atoms with Gasteiger partial charge in [0.1, 0.15) is 34.8 Å². The van der Waals surface area contributed by atoms with Crippen molar-refractivity contribution < 1.29 is 45.4 Å². The zero-order valence-corrected chi connectivity index (χ0v) is 36.8. The molecule has 6 rings (SSSR count). The number of hydrogen-bond acceptors (Lipinski definition) is 14. The lowest BCUT2D eigenvalue weighted by molar-refractivity contribution is -0.155. The number of hydrogen-bond donors (Lipinski definition) is 2. The van der Waals surface area contributed by atoms with Crippen LogP contribution in [0.5, 0.6) is 11.8 Å². The molecule has 0 aliphatic carbocycles. The number of ether oxygens (including phenoxy) is 4. The average Bonchev–Trinajstić information content (AvgIpc) is 3.15. The monoisotopic (exact) mass is 866 g/mol. The Hall–Kier alpha value is -5.46. The SMILES string of the molecule is Cc1cccc(S(=O)(=O)N2C[C@H](CCC(=O)OC(C)(C)C)Oc3ncc(CC(=O)OC(C)(C)C)cc32)c1.Cc1cccc(S(=O)(=O)N2C[C@H](CN)Oc3ncc(N)cc32)c1. The van der Waals surface area contributed by atoms with Gasteiger partial charge in [-0.2, -0.15) is 0 Å². The van der Waals surface area contributed by atoms with Crippen LogP contribution < -0.4 is 29.6 Å². The van der Waals surface area contributed by atoms with E-state index in [0.29, 0.717) is 16.9 Å². The van der Waals surface area contributed by atoms with Gasteiger partial charge in [-0.15, -0.1) is 0 Å². The number of rotatable bonds is 10. The average molecular weight is 867 g/mol. The van der Waals surface area contributed by atoms with Crippen LogP contribution in [0.15, 0.2) is 82.8 Å². The molecule has 2 aromatic carbocycles. The van der Waals surface area contributed by atoms with Crippen LogP contribution in [0.3, 0.4) is 0 Å². The molecule has 4 heterocycles. The second-order valence-electron chi connectivity index (χ2n) is 16.6. The van der Waals surface area contributed by atoms with E-state index in [1.54, 1.807) is 84.0 Å². The number of nitrogen functional groups attached to an aromatic ring is 1. The molecular weight excluding hydrogens is 813 g/mol. The van der Waals surface area contributed by atoms with E-state index in [9.17, 15) is 26.4 Å². The highest BCUT2D eigenvalue weighted by Crippen LogP contribution is 2.38. The first-order valence-corrected chi connectivity index (χ1v) is 22.2. The van der Waals surface area contributed by atoms with Crippen LogP contribution in [0.2, 0.25) is 0 Å². The molecule has 324 valence electrons. The smallest absolute Gasteiger partial charge is 0.310 e. The van der Waals surface area contributed by atoms with E-state index >= 15 is 0 Å². The van der Waals surface area contributed by atoms with Crippen molar-refractivity contribution in [3.05, 3.63) is 89.7 Å². The summed E-state index contributed by atoms with van der Waals surface area (Å²) in [7, 11) is -7.75. The lowest BCUT2D eigenvalue weighted by Crippen LogP contribution is -2.46. The molecule has 0 spiro atoms. The minimum atomic E-state index is -3.99. The van der Waals surface area contributed by atoms with Crippen LogP contribution in [0.4, 0.5) is 17.1 Å². The van der Waals surface area contributed by atoms with Gasteiger partial charge in [0, 0.05) is 19.2 Å². The number of benzene rings is 2. The minimum absolute atomic E-state index is 0.0242. The summed E-state index contributed by atoms with van der Waals surface area (Å²) in [6.07, 6.45) is 2.05. The summed E-state index contributed by atoms with van der Waals surface area (Å²) in [5, 5.41) is 0. The van der Waals surface area contributed by atoms with Gasteiger partial charge in [0.15, 0.2) is 0 Å². The van der Waals surface area contributed by atoms with Crippen molar-refractivity contribution in [1.29, 1.82) is 0 Å². The second-order valence-corrected chi connectivity index (χ2v) is 20.3. The molecule has 0 saturated carbocycles. The topological polar surface area (TPSA) is 224 Å². The fourth-order valence-corrected chi connectivity index (χ4v) is 9.46. The van der Waals surface area contributed by atoms with Gasteiger partial charge < -0.3 is 30.4 Å². The van der Waals surface area contributed by atoms with Crippen molar-refractivity contribution in [2.45, 2.75) is 108 Å². The second kappa shape index (κ2) is 18.0. The predicted octanol–water partition coefficient (Wildman–Crippen LogP) is 5.24. The predicted molar refractivity (Wildman–Crippen MR) is 227 cm³/mol. The number of nitrogens with zero attached hydrogens (tertiary/aromatic N) is 4. The van der Waals surface area contributed by atoms with Gasteiger partial charge in [-0.3, -0.25) is 18.2 Å². The van der Waals surface area contributed by atoms with Crippen LogP contribution >= 0.6 is 0 Å². The summed E-state index contributed by atoms with van der Waals surface area (Å²) < 4.78 is 78.5. The molecule has 4 N–H and O–H groups in total. The van der Waals surface area contributed by atoms with E-state index < -0.39 is 55.4 Å². The van der Waals surface area contributed by atoms with Crippen LogP contribution in [-0.4, -0.2) is 81.8 Å². The molecule has 0 unspecified atom stereocenters. The van der Waals surface area contributed by atoms with E-state index in [0.717, 1.165) is 11.1 Å². The van der Waals surface area contributed by atoms with Crippen LogP contribution in [0.25, 0.3) is 0 Å². The number of pyridine rings is 2. The molecule has 0 saturated heterocycles. The van der Waals surface area contributed by atoms with Gasteiger partial charge in [-0.05, 0) is 115 Å². The largest absolute Gasteiger partial charge is 0.471 e. The first-order chi connectivity index (χ1) is 27.9. The molecule has 0 bridgehead atoms. The number of aromatic nitrogens is 2. The van der Waals surface area contributed by atoms with Crippen molar-refractivity contribution in [2.75, 3.05) is 34.0 Å². The van der Waals surface area contributed by atoms with Crippen molar-refractivity contribution in [2.24, 2.45) is 5.73 Å². The third-order valence-corrected chi connectivity index (χ3v) is 12.4. The molecule has 0 fully saturated rings. The molecule has 60 heavy (non-hydrogen) atoms. The number of esters is 2. The Balaban J connectivity index is 0.000000253. The van der Waals surface area contributed by atoms with E-state index in [4.69, 9.17) is 30.4 Å².